The summed E-state index contributed by atoms with van der Waals surface area (Å²) < 4.78 is 18.9. The van der Waals surface area contributed by atoms with Crippen molar-refractivity contribution < 1.29 is 19.0 Å². The molecule has 1 amide bonds. The van der Waals surface area contributed by atoms with Gasteiger partial charge in [-0.15, -0.1) is 0 Å². The van der Waals surface area contributed by atoms with Crippen LogP contribution in [0.4, 0.5) is 0 Å². The maximum atomic E-state index is 12.3. The van der Waals surface area contributed by atoms with E-state index in [1.54, 1.807) is 7.05 Å². The van der Waals surface area contributed by atoms with E-state index in [2.05, 4.69) is 41.9 Å². The Morgan fingerprint density at radius 2 is 1.82 bits per heavy atom. The Hall–Kier alpha value is -2.03. The summed E-state index contributed by atoms with van der Waals surface area (Å²) in [6.45, 7) is 7.57. The van der Waals surface area contributed by atoms with Gasteiger partial charge in [0.25, 0.3) is 5.91 Å². The van der Waals surface area contributed by atoms with Crippen molar-refractivity contribution in [2.75, 3.05) is 26.9 Å². The summed E-state index contributed by atoms with van der Waals surface area (Å²) in [5.41, 5.74) is 2.14. The zero-order valence-corrected chi connectivity index (χ0v) is 22.4. The van der Waals surface area contributed by atoms with Crippen LogP contribution in [0.15, 0.2) is 45.8 Å². The topological polar surface area (TPSA) is 48.0 Å². The number of rotatable bonds is 10. The summed E-state index contributed by atoms with van der Waals surface area (Å²) in [7, 11) is 1.68. The third-order valence-corrected chi connectivity index (χ3v) is 7.35. The molecule has 1 saturated heterocycles. The van der Waals surface area contributed by atoms with E-state index >= 15 is 0 Å². The van der Waals surface area contributed by atoms with Gasteiger partial charge in [0.05, 0.1) is 16.0 Å². The summed E-state index contributed by atoms with van der Waals surface area (Å²) >= 11 is 10.1. The fourth-order valence-electron chi connectivity index (χ4n) is 3.20. The first-order valence-electron chi connectivity index (χ1n) is 10.9. The molecule has 0 unspecified atom stereocenters. The van der Waals surface area contributed by atoms with Gasteiger partial charge in [-0.3, -0.25) is 9.69 Å². The van der Waals surface area contributed by atoms with E-state index < -0.39 is 0 Å². The Morgan fingerprint density at radius 1 is 1.12 bits per heavy atom. The number of amides is 1. The van der Waals surface area contributed by atoms with Crippen molar-refractivity contribution in [2.24, 2.45) is 0 Å². The standard InChI is InChI=1S/C25H28BrNO4S2/c1-5-16(3)18-7-9-19(10-8-18)30-11-12-31-23-20(26)13-17(14-21(23)29-6-2)15-22-24(28)27(4)25(32)33-22/h7-10,13-16H,5-6,11-12H2,1-4H3/b22-15-/t16-/m1/s1. The maximum absolute atomic E-state index is 12.3. The van der Waals surface area contributed by atoms with Crippen LogP contribution in [0.2, 0.25) is 0 Å². The van der Waals surface area contributed by atoms with Crippen LogP contribution in [0.25, 0.3) is 6.08 Å². The summed E-state index contributed by atoms with van der Waals surface area (Å²) in [5, 5.41) is 0. The Bertz CT molecular complexity index is 1040. The highest BCUT2D eigenvalue weighted by Gasteiger charge is 2.28. The minimum Gasteiger partial charge on any atom is -0.490 e. The lowest BCUT2D eigenvalue weighted by Gasteiger charge is -2.15. The molecule has 0 N–H and O–H groups in total. The molecule has 1 heterocycles. The van der Waals surface area contributed by atoms with Crippen molar-refractivity contribution in [3.63, 3.8) is 0 Å². The summed E-state index contributed by atoms with van der Waals surface area (Å²) in [4.78, 5) is 14.4. The Kier molecular flexibility index (Phi) is 9.23. The molecular formula is C25H28BrNO4S2. The number of carbonyl (C=O) groups is 1. The largest absolute Gasteiger partial charge is 0.490 e. The number of carbonyl (C=O) groups excluding carboxylic acids is 1. The van der Waals surface area contributed by atoms with E-state index in [9.17, 15) is 4.79 Å². The molecule has 0 spiro atoms. The van der Waals surface area contributed by atoms with Gasteiger partial charge in [-0.2, -0.15) is 0 Å². The van der Waals surface area contributed by atoms with Gasteiger partial charge < -0.3 is 14.2 Å². The van der Waals surface area contributed by atoms with E-state index in [0.29, 0.717) is 46.5 Å². The molecule has 8 heteroatoms. The Balaban J connectivity index is 1.65. The van der Waals surface area contributed by atoms with Crippen molar-refractivity contribution in [1.82, 2.24) is 4.90 Å². The number of thiocarbonyl (C=S) groups is 1. The number of thioether (sulfide) groups is 1. The highest BCUT2D eigenvalue weighted by molar-refractivity contribution is 9.10. The molecule has 1 aliphatic rings. The van der Waals surface area contributed by atoms with Gasteiger partial charge in [0.2, 0.25) is 0 Å². The second-order valence-corrected chi connectivity index (χ2v) is 10.1. The van der Waals surface area contributed by atoms with Crippen molar-refractivity contribution in [2.45, 2.75) is 33.1 Å². The predicted octanol–water partition coefficient (Wildman–Crippen LogP) is 6.65. The van der Waals surface area contributed by atoms with E-state index in [1.165, 1.54) is 22.2 Å². The smallest absolute Gasteiger partial charge is 0.265 e. The van der Waals surface area contributed by atoms with Gasteiger partial charge in [0.15, 0.2) is 11.5 Å². The van der Waals surface area contributed by atoms with E-state index in [-0.39, 0.29) is 5.91 Å². The molecule has 1 aliphatic heterocycles. The minimum absolute atomic E-state index is 0.103. The number of nitrogens with zero attached hydrogens (tertiary/aromatic N) is 1. The predicted molar refractivity (Wildman–Crippen MR) is 142 cm³/mol. The summed E-state index contributed by atoms with van der Waals surface area (Å²) in [6.07, 6.45) is 2.92. The van der Waals surface area contributed by atoms with Crippen LogP contribution in [0, 0.1) is 0 Å². The fourth-order valence-corrected chi connectivity index (χ4v) is 4.96. The number of halogens is 1. The third-order valence-electron chi connectivity index (χ3n) is 5.28. The molecule has 2 aromatic carbocycles. The number of hydrogen-bond donors (Lipinski definition) is 0. The lowest BCUT2D eigenvalue weighted by atomic mass is 9.99. The van der Waals surface area contributed by atoms with Crippen LogP contribution in [-0.4, -0.2) is 42.0 Å². The molecule has 0 saturated carbocycles. The Labute approximate surface area is 213 Å². The first kappa shape index (κ1) is 25.6. The van der Waals surface area contributed by atoms with Crippen molar-refractivity contribution >= 4 is 56.2 Å². The molecular weight excluding hydrogens is 522 g/mol. The molecule has 176 valence electrons. The van der Waals surface area contributed by atoms with Gasteiger partial charge in [0.1, 0.15) is 23.3 Å². The molecule has 0 aliphatic carbocycles. The fraction of sp³-hybridized carbons (Fsp3) is 0.360. The quantitative estimate of drug-likeness (QED) is 0.188. The molecule has 0 aromatic heterocycles. The van der Waals surface area contributed by atoms with Crippen LogP contribution in [0.3, 0.4) is 0 Å². The summed E-state index contributed by atoms with van der Waals surface area (Å²) in [6, 6.07) is 12.0. The van der Waals surface area contributed by atoms with Crippen molar-refractivity contribution in [1.29, 1.82) is 0 Å². The lowest BCUT2D eigenvalue weighted by Crippen LogP contribution is -2.22. The van der Waals surface area contributed by atoms with Gasteiger partial charge in [-0.1, -0.05) is 50.0 Å². The highest BCUT2D eigenvalue weighted by Crippen LogP contribution is 2.39. The van der Waals surface area contributed by atoms with Crippen LogP contribution >= 0.6 is 39.9 Å². The van der Waals surface area contributed by atoms with E-state index in [1.807, 2.05) is 37.3 Å². The van der Waals surface area contributed by atoms with E-state index in [0.717, 1.165) is 22.2 Å². The normalized spacial score (nSPS) is 15.8. The van der Waals surface area contributed by atoms with Gasteiger partial charge in [0, 0.05) is 7.05 Å². The zero-order valence-electron chi connectivity index (χ0n) is 19.2. The van der Waals surface area contributed by atoms with Gasteiger partial charge >= 0.3 is 0 Å². The molecule has 3 rings (SSSR count). The Morgan fingerprint density at radius 3 is 2.42 bits per heavy atom. The molecule has 33 heavy (non-hydrogen) atoms. The molecule has 1 fully saturated rings. The van der Waals surface area contributed by atoms with Gasteiger partial charge in [-0.25, -0.2) is 0 Å². The average molecular weight is 551 g/mol. The minimum atomic E-state index is -0.103. The second kappa shape index (κ2) is 11.9. The lowest BCUT2D eigenvalue weighted by molar-refractivity contribution is -0.121. The summed E-state index contributed by atoms with van der Waals surface area (Å²) in [5.74, 6) is 2.46. The first-order chi connectivity index (χ1) is 15.8. The average Bonchev–Trinajstić information content (AvgIpc) is 3.04. The SMILES string of the molecule is CCOc1cc(/C=C2\SC(=S)N(C)C2=O)cc(Br)c1OCCOc1ccc([C@H](C)CC)cc1. The van der Waals surface area contributed by atoms with Crippen LogP contribution in [0.1, 0.15) is 44.2 Å². The number of benzene rings is 2. The number of ether oxygens (including phenoxy) is 3. The molecule has 0 radical (unpaired) electrons. The van der Waals surface area contributed by atoms with Crippen LogP contribution < -0.4 is 14.2 Å². The third kappa shape index (κ3) is 6.52. The molecule has 1 atom stereocenters. The van der Waals surface area contributed by atoms with Gasteiger partial charge in [-0.05, 0) is 76.7 Å². The van der Waals surface area contributed by atoms with Crippen LogP contribution in [0.5, 0.6) is 17.2 Å². The van der Waals surface area contributed by atoms with Crippen molar-refractivity contribution in [3.05, 3.63) is 56.9 Å². The number of likely N-dealkylation sites (N-methyl/N-ethyl adjacent to an activating group) is 1. The highest BCUT2D eigenvalue weighted by atomic mass is 79.9. The monoisotopic (exact) mass is 549 g/mol. The number of hydrogen-bond acceptors (Lipinski definition) is 6. The first-order valence-corrected chi connectivity index (χ1v) is 12.9. The molecule has 2 aromatic rings. The maximum Gasteiger partial charge on any atom is 0.265 e. The molecule has 0 bridgehead atoms. The van der Waals surface area contributed by atoms with Crippen molar-refractivity contribution in [3.8, 4) is 17.2 Å². The van der Waals surface area contributed by atoms with Crippen LogP contribution in [-0.2, 0) is 4.79 Å². The zero-order chi connectivity index (χ0) is 24.0. The van der Waals surface area contributed by atoms with E-state index in [4.69, 9.17) is 26.4 Å². The second-order valence-electron chi connectivity index (χ2n) is 7.58. The molecule has 5 nitrogen and oxygen atoms in total.